The fraction of sp³-hybridized carbons (Fsp3) is 0.130. The predicted octanol–water partition coefficient (Wildman–Crippen LogP) is 5.18. The molecule has 2 heterocycles. The summed E-state index contributed by atoms with van der Waals surface area (Å²) in [6.45, 7) is 0. The number of ketones is 1. The number of thioether (sulfide) groups is 1. The van der Waals surface area contributed by atoms with Crippen LogP contribution in [0.4, 0.5) is 0 Å². The summed E-state index contributed by atoms with van der Waals surface area (Å²) >= 11 is 2.69. The van der Waals surface area contributed by atoms with Gasteiger partial charge in [-0.2, -0.15) is 5.26 Å². The number of carbonyl (C=O) groups is 1. The first-order chi connectivity index (χ1) is 14.7. The van der Waals surface area contributed by atoms with Crippen molar-refractivity contribution in [1.82, 2.24) is 14.5 Å². The number of rotatable bonds is 7. The maximum absolute atomic E-state index is 12.8. The summed E-state index contributed by atoms with van der Waals surface area (Å²) in [4.78, 5) is 21.7. The Morgan fingerprint density at radius 3 is 2.47 bits per heavy atom. The van der Waals surface area contributed by atoms with E-state index in [2.05, 4.69) is 16.0 Å². The van der Waals surface area contributed by atoms with Crippen molar-refractivity contribution in [2.75, 3.05) is 5.75 Å². The van der Waals surface area contributed by atoms with Gasteiger partial charge in [0.15, 0.2) is 16.9 Å². The Labute approximate surface area is 183 Å². The molecule has 0 N–H and O–H groups in total. The number of aromatic nitrogens is 3. The number of thiazole rings is 1. The van der Waals surface area contributed by atoms with Crippen molar-refractivity contribution in [1.29, 1.82) is 5.26 Å². The lowest BCUT2D eigenvalue weighted by atomic mass is 10.1. The van der Waals surface area contributed by atoms with Crippen LogP contribution in [0.2, 0.25) is 0 Å². The maximum atomic E-state index is 12.8. The van der Waals surface area contributed by atoms with Gasteiger partial charge in [-0.05, 0) is 5.56 Å². The van der Waals surface area contributed by atoms with Gasteiger partial charge >= 0.3 is 0 Å². The summed E-state index contributed by atoms with van der Waals surface area (Å²) in [6.07, 6.45) is 1.80. The van der Waals surface area contributed by atoms with Crippen LogP contribution in [0.3, 0.4) is 0 Å². The number of Topliss-reactive ketones (excluding diaryl/α,β-unsaturated/α-hetero) is 1. The topological polar surface area (TPSA) is 71.6 Å². The van der Waals surface area contributed by atoms with Crippen LogP contribution in [0.25, 0.3) is 22.5 Å². The van der Waals surface area contributed by atoms with E-state index in [1.807, 2.05) is 77.7 Å². The average molecular weight is 431 g/mol. The standard InChI is InChI=1S/C23H18N4OS2/c1-27-20(17-10-6-3-7-11-17)13-25-23(27)30-15-21(28)18(12-24)22-26-19(14-29-22)16-8-4-2-5-9-16/h2-11,13-14,18H,15H2,1H3. The molecule has 30 heavy (non-hydrogen) atoms. The summed E-state index contributed by atoms with van der Waals surface area (Å²) in [5, 5.41) is 12.8. The lowest BCUT2D eigenvalue weighted by molar-refractivity contribution is -0.116. The van der Waals surface area contributed by atoms with Crippen LogP contribution in [-0.2, 0) is 11.8 Å². The molecule has 2 aromatic carbocycles. The van der Waals surface area contributed by atoms with Crippen LogP contribution in [0.15, 0.2) is 77.4 Å². The van der Waals surface area contributed by atoms with E-state index in [1.165, 1.54) is 23.1 Å². The van der Waals surface area contributed by atoms with Crippen molar-refractivity contribution in [2.45, 2.75) is 11.1 Å². The number of benzene rings is 2. The molecule has 0 radical (unpaired) electrons. The molecular weight excluding hydrogens is 412 g/mol. The van der Waals surface area contributed by atoms with Crippen LogP contribution in [-0.4, -0.2) is 26.1 Å². The largest absolute Gasteiger partial charge is 0.322 e. The van der Waals surface area contributed by atoms with Gasteiger partial charge in [0, 0.05) is 18.0 Å². The van der Waals surface area contributed by atoms with E-state index in [0.29, 0.717) is 5.01 Å². The van der Waals surface area contributed by atoms with Crippen molar-refractivity contribution in [3.05, 3.63) is 77.2 Å². The first-order valence-corrected chi connectivity index (χ1v) is 11.2. The normalized spacial score (nSPS) is 11.7. The molecular formula is C23H18N4OS2. The molecule has 0 saturated carbocycles. The molecule has 4 aromatic rings. The van der Waals surface area contributed by atoms with E-state index in [0.717, 1.165) is 27.7 Å². The summed E-state index contributed by atoms with van der Waals surface area (Å²) in [6, 6.07) is 21.8. The SMILES string of the molecule is Cn1c(-c2ccccc2)cnc1SCC(=O)C(C#N)c1nc(-c2ccccc2)cs1. The summed E-state index contributed by atoms with van der Waals surface area (Å²) in [7, 11) is 1.93. The molecule has 0 aliphatic heterocycles. The molecule has 4 rings (SSSR count). The van der Waals surface area contributed by atoms with Gasteiger partial charge in [0.2, 0.25) is 0 Å². The molecule has 0 saturated heterocycles. The minimum atomic E-state index is -0.867. The summed E-state index contributed by atoms with van der Waals surface area (Å²) < 4.78 is 1.96. The maximum Gasteiger partial charge on any atom is 0.168 e. The van der Waals surface area contributed by atoms with Gasteiger partial charge in [0.25, 0.3) is 0 Å². The van der Waals surface area contributed by atoms with Crippen molar-refractivity contribution in [3.63, 3.8) is 0 Å². The molecule has 0 amide bonds. The first kappa shape index (κ1) is 20.1. The number of nitrogens with zero attached hydrogens (tertiary/aromatic N) is 4. The third-order valence-electron chi connectivity index (χ3n) is 4.65. The van der Waals surface area contributed by atoms with Gasteiger partial charge in [0.1, 0.15) is 5.01 Å². The zero-order valence-electron chi connectivity index (χ0n) is 16.2. The van der Waals surface area contributed by atoms with Crippen LogP contribution < -0.4 is 0 Å². The van der Waals surface area contributed by atoms with Gasteiger partial charge in [-0.1, -0.05) is 72.4 Å². The molecule has 148 valence electrons. The molecule has 0 fully saturated rings. The molecule has 0 aliphatic carbocycles. The Kier molecular flexibility index (Phi) is 6.07. The smallest absolute Gasteiger partial charge is 0.168 e. The van der Waals surface area contributed by atoms with Gasteiger partial charge in [-0.3, -0.25) is 4.79 Å². The van der Waals surface area contributed by atoms with Crippen molar-refractivity contribution < 1.29 is 4.79 Å². The van der Waals surface area contributed by atoms with Crippen molar-refractivity contribution >= 4 is 28.9 Å². The fourth-order valence-electron chi connectivity index (χ4n) is 3.05. The van der Waals surface area contributed by atoms with Crippen LogP contribution >= 0.6 is 23.1 Å². The van der Waals surface area contributed by atoms with Gasteiger partial charge in [0.05, 0.1) is 29.4 Å². The van der Waals surface area contributed by atoms with Gasteiger partial charge in [-0.25, -0.2) is 9.97 Å². The van der Waals surface area contributed by atoms with E-state index in [1.54, 1.807) is 6.20 Å². The van der Waals surface area contributed by atoms with E-state index < -0.39 is 5.92 Å². The predicted molar refractivity (Wildman–Crippen MR) is 120 cm³/mol. The third kappa shape index (κ3) is 4.20. The Bertz CT molecular complexity index is 1190. The minimum absolute atomic E-state index is 0.164. The zero-order valence-corrected chi connectivity index (χ0v) is 17.9. The molecule has 1 atom stereocenters. The highest BCUT2D eigenvalue weighted by Gasteiger charge is 2.24. The second-order valence-electron chi connectivity index (χ2n) is 6.61. The second-order valence-corrected chi connectivity index (χ2v) is 8.44. The summed E-state index contributed by atoms with van der Waals surface area (Å²) in [5.74, 6) is -0.869. The molecule has 0 spiro atoms. The van der Waals surface area contributed by atoms with Crippen LogP contribution in [0, 0.1) is 11.3 Å². The number of imidazole rings is 1. The van der Waals surface area contributed by atoms with E-state index >= 15 is 0 Å². The lowest BCUT2D eigenvalue weighted by Gasteiger charge is -2.07. The van der Waals surface area contributed by atoms with Crippen molar-refractivity contribution in [2.24, 2.45) is 7.05 Å². The van der Waals surface area contributed by atoms with E-state index in [-0.39, 0.29) is 11.5 Å². The van der Waals surface area contributed by atoms with Gasteiger partial charge < -0.3 is 4.57 Å². The highest BCUT2D eigenvalue weighted by Crippen LogP contribution is 2.29. The number of carbonyl (C=O) groups excluding carboxylic acids is 1. The molecule has 7 heteroatoms. The summed E-state index contributed by atoms with van der Waals surface area (Å²) in [5.41, 5.74) is 3.81. The van der Waals surface area contributed by atoms with Gasteiger partial charge in [-0.15, -0.1) is 11.3 Å². The molecule has 0 aliphatic rings. The van der Waals surface area contributed by atoms with Crippen molar-refractivity contribution in [3.8, 4) is 28.6 Å². The van der Waals surface area contributed by atoms with E-state index in [4.69, 9.17) is 0 Å². The Hall–Kier alpha value is -3.21. The molecule has 0 bridgehead atoms. The van der Waals surface area contributed by atoms with Crippen LogP contribution in [0.5, 0.6) is 0 Å². The monoisotopic (exact) mass is 430 g/mol. The second kappa shape index (κ2) is 9.08. The number of hydrogen-bond donors (Lipinski definition) is 0. The average Bonchev–Trinajstić information content (AvgIpc) is 3.41. The minimum Gasteiger partial charge on any atom is -0.322 e. The number of hydrogen-bond acceptors (Lipinski definition) is 6. The fourth-order valence-corrected chi connectivity index (χ4v) is 4.80. The zero-order chi connectivity index (χ0) is 20.9. The Balaban J connectivity index is 1.46. The Morgan fingerprint density at radius 2 is 1.80 bits per heavy atom. The lowest BCUT2D eigenvalue weighted by Crippen LogP contribution is -2.13. The third-order valence-corrected chi connectivity index (χ3v) is 6.62. The molecule has 5 nitrogen and oxygen atoms in total. The highest BCUT2D eigenvalue weighted by molar-refractivity contribution is 7.99. The Morgan fingerprint density at radius 1 is 1.13 bits per heavy atom. The quantitative estimate of drug-likeness (QED) is 0.378. The molecule has 2 aromatic heterocycles. The van der Waals surface area contributed by atoms with Crippen LogP contribution in [0.1, 0.15) is 10.9 Å². The highest BCUT2D eigenvalue weighted by atomic mass is 32.2. The number of nitriles is 1. The van der Waals surface area contributed by atoms with E-state index in [9.17, 15) is 10.1 Å². The first-order valence-electron chi connectivity index (χ1n) is 9.30. The molecule has 1 unspecified atom stereocenters.